The van der Waals surface area contributed by atoms with Gasteiger partial charge < -0.3 is 9.47 Å². The molecule has 1 saturated heterocycles. The summed E-state index contributed by atoms with van der Waals surface area (Å²) in [4.78, 5) is 2.53. The lowest BCUT2D eigenvalue weighted by Gasteiger charge is -2.31. The lowest BCUT2D eigenvalue weighted by atomic mass is 9.94. The van der Waals surface area contributed by atoms with E-state index in [1.54, 1.807) is 0 Å². The fraction of sp³-hybridized carbons (Fsp3) is 0.857. The van der Waals surface area contributed by atoms with Gasteiger partial charge in [-0.25, -0.2) is 0 Å². The molecule has 0 saturated carbocycles. The lowest BCUT2D eigenvalue weighted by molar-refractivity contribution is 0.216. The fourth-order valence-electron chi connectivity index (χ4n) is 3.32. The fourth-order valence-corrected chi connectivity index (χ4v) is 3.32. The third-order valence-corrected chi connectivity index (χ3v) is 4.63. The van der Waals surface area contributed by atoms with E-state index >= 15 is 0 Å². The van der Waals surface area contributed by atoms with Gasteiger partial charge in [0.1, 0.15) is 11.6 Å². The summed E-state index contributed by atoms with van der Waals surface area (Å²) in [7, 11) is 0. The maximum absolute atomic E-state index is 4.50. The van der Waals surface area contributed by atoms with E-state index in [0.29, 0.717) is 5.92 Å². The van der Waals surface area contributed by atoms with Crippen LogP contribution in [0.4, 0.5) is 0 Å². The van der Waals surface area contributed by atoms with Gasteiger partial charge in [0.2, 0.25) is 0 Å². The molecule has 2 aliphatic rings. The second-order valence-electron chi connectivity index (χ2n) is 5.93. The van der Waals surface area contributed by atoms with Crippen LogP contribution >= 0.6 is 0 Å². The van der Waals surface area contributed by atoms with Crippen molar-refractivity contribution in [3.63, 3.8) is 0 Å². The summed E-state index contributed by atoms with van der Waals surface area (Å²) in [5, 5.41) is 8.92. The van der Waals surface area contributed by atoms with Crippen LogP contribution in [0, 0.1) is 5.92 Å². The van der Waals surface area contributed by atoms with Crippen LogP contribution in [0.5, 0.6) is 0 Å². The molecule has 2 aliphatic heterocycles. The number of aromatic nitrogens is 3. The van der Waals surface area contributed by atoms with Crippen LogP contribution in [-0.2, 0) is 13.0 Å². The van der Waals surface area contributed by atoms with Gasteiger partial charge in [-0.05, 0) is 44.8 Å². The van der Waals surface area contributed by atoms with Crippen LogP contribution < -0.4 is 0 Å². The summed E-state index contributed by atoms with van der Waals surface area (Å²) in [6, 6.07) is 0. The van der Waals surface area contributed by atoms with Gasteiger partial charge in [0.05, 0.1) is 0 Å². The van der Waals surface area contributed by atoms with Gasteiger partial charge in [-0.15, -0.1) is 10.2 Å². The second-order valence-corrected chi connectivity index (χ2v) is 5.93. The topological polar surface area (TPSA) is 34.0 Å². The van der Waals surface area contributed by atoms with E-state index in [2.05, 4.69) is 33.5 Å². The SMILES string of the molecule is CCN1CCC(c2nnc3n2CCC(C)C3)CC1. The lowest BCUT2D eigenvalue weighted by Crippen LogP contribution is -2.33. The van der Waals surface area contributed by atoms with Crippen molar-refractivity contribution in [2.75, 3.05) is 19.6 Å². The summed E-state index contributed by atoms with van der Waals surface area (Å²) in [5.74, 6) is 3.91. The number of piperidine rings is 1. The third kappa shape index (κ3) is 2.18. The van der Waals surface area contributed by atoms with Crippen molar-refractivity contribution < 1.29 is 0 Å². The molecule has 100 valence electrons. The number of fused-ring (bicyclic) bond motifs is 1. The Bertz CT molecular complexity index is 404. The highest BCUT2D eigenvalue weighted by molar-refractivity contribution is 5.06. The Labute approximate surface area is 109 Å². The van der Waals surface area contributed by atoms with E-state index in [4.69, 9.17) is 0 Å². The van der Waals surface area contributed by atoms with Crippen molar-refractivity contribution in [2.45, 2.75) is 52.0 Å². The van der Waals surface area contributed by atoms with Crippen LogP contribution in [0.15, 0.2) is 0 Å². The first-order valence-electron chi connectivity index (χ1n) is 7.42. The Morgan fingerprint density at radius 1 is 1.11 bits per heavy atom. The largest absolute Gasteiger partial charge is 0.315 e. The number of nitrogens with zero attached hydrogens (tertiary/aromatic N) is 4. The normalized spacial score (nSPS) is 26.2. The van der Waals surface area contributed by atoms with Crippen molar-refractivity contribution in [3.05, 3.63) is 11.6 Å². The van der Waals surface area contributed by atoms with Crippen molar-refractivity contribution in [1.82, 2.24) is 19.7 Å². The average molecular weight is 248 g/mol. The minimum Gasteiger partial charge on any atom is -0.315 e. The molecule has 1 aromatic rings. The quantitative estimate of drug-likeness (QED) is 0.803. The van der Waals surface area contributed by atoms with Crippen LogP contribution in [0.1, 0.15) is 50.7 Å². The second kappa shape index (κ2) is 5.00. The summed E-state index contributed by atoms with van der Waals surface area (Å²) >= 11 is 0. The van der Waals surface area contributed by atoms with E-state index in [-0.39, 0.29) is 0 Å². The highest BCUT2D eigenvalue weighted by atomic mass is 15.3. The van der Waals surface area contributed by atoms with Gasteiger partial charge in [-0.3, -0.25) is 0 Å². The monoisotopic (exact) mass is 248 g/mol. The minimum atomic E-state index is 0.641. The Kier molecular flexibility index (Phi) is 3.37. The van der Waals surface area contributed by atoms with Gasteiger partial charge in [0.25, 0.3) is 0 Å². The van der Waals surface area contributed by atoms with Crippen LogP contribution in [-0.4, -0.2) is 39.3 Å². The molecule has 4 heteroatoms. The molecule has 0 amide bonds. The maximum Gasteiger partial charge on any atom is 0.136 e. The third-order valence-electron chi connectivity index (χ3n) is 4.63. The van der Waals surface area contributed by atoms with Gasteiger partial charge >= 0.3 is 0 Å². The molecule has 0 bridgehead atoms. The molecule has 0 spiro atoms. The van der Waals surface area contributed by atoms with Crippen molar-refractivity contribution >= 4 is 0 Å². The Hall–Kier alpha value is -0.900. The zero-order chi connectivity index (χ0) is 12.5. The zero-order valence-electron chi connectivity index (χ0n) is 11.6. The first-order chi connectivity index (χ1) is 8.78. The molecule has 1 unspecified atom stereocenters. The summed E-state index contributed by atoms with van der Waals surface area (Å²) in [5.41, 5.74) is 0. The number of rotatable bonds is 2. The van der Waals surface area contributed by atoms with Gasteiger partial charge in [0.15, 0.2) is 0 Å². The molecule has 0 aliphatic carbocycles. The van der Waals surface area contributed by atoms with E-state index < -0.39 is 0 Å². The van der Waals surface area contributed by atoms with Crippen LogP contribution in [0.2, 0.25) is 0 Å². The first-order valence-corrected chi connectivity index (χ1v) is 7.42. The Balaban J connectivity index is 1.74. The molecule has 3 heterocycles. The molecule has 1 fully saturated rings. The van der Waals surface area contributed by atoms with Crippen LogP contribution in [0.3, 0.4) is 0 Å². The smallest absolute Gasteiger partial charge is 0.136 e. The molecule has 0 radical (unpaired) electrons. The number of hydrogen-bond acceptors (Lipinski definition) is 3. The highest BCUT2D eigenvalue weighted by Gasteiger charge is 2.27. The predicted octanol–water partition coefficient (Wildman–Crippen LogP) is 2.06. The van der Waals surface area contributed by atoms with E-state index in [9.17, 15) is 0 Å². The van der Waals surface area contributed by atoms with Gasteiger partial charge in [-0.2, -0.15) is 0 Å². The Morgan fingerprint density at radius 3 is 2.61 bits per heavy atom. The number of likely N-dealkylation sites (tertiary alicyclic amines) is 1. The molecular formula is C14H24N4. The van der Waals surface area contributed by atoms with E-state index in [1.165, 1.54) is 50.5 Å². The predicted molar refractivity (Wildman–Crippen MR) is 71.6 cm³/mol. The highest BCUT2D eigenvalue weighted by Crippen LogP contribution is 2.29. The van der Waals surface area contributed by atoms with Crippen molar-refractivity contribution in [1.29, 1.82) is 0 Å². The summed E-state index contributed by atoms with van der Waals surface area (Å²) in [6.45, 7) is 9.33. The molecule has 3 rings (SSSR count). The van der Waals surface area contributed by atoms with Gasteiger partial charge in [-0.1, -0.05) is 13.8 Å². The zero-order valence-corrected chi connectivity index (χ0v) is 11.6. The maximum atomic E-state index is 4.50. The van der Waals surface area contributed by atoms with Crippen LogP contribution in [0.25, 0.3) is 0 Å². The summed E-state index contributed by atoms with van der Waals surface area (Å²) in [6.07, 6.45) is 4.90. The molecular weight excluding hydrogens is 224 g/mol. The standard InChI is InChI=1S/C14H24N4/c1-3-17-7-5-12(6-8-17)14-16-15-13-10-11(2)4-9-18(13)14/h11-12H,3-10H2,1-2H3. The molecule has 4 nitrogen and oxygen atoms in total. The molecule has 1 aromatic heterocycles. The molecule has 18 heavy (non-hydrogen) atoms. The van der Waals surface area contributed by atoms with Crippen molar-refractivity contribution in [3.8, 4) is 0 Å². The molecule has 0 aromatic carbocycles. The Morgan fingerprint density at radius 2 is 1.89 bits per heavy atom. The number of hydrogen-bond donors (Lipinski definition) is 0. The average Bonchev–Trinajstić information content (AvgIpc) is 2.81. The first kappa shape index (κ1) is 12.2. The van der Waals surface area contributed by atoms with Crippen molar-refractivity contribution in [2.24, 2.45) is 5.92 Å². The minimum absolute atomic E-state index is 0.641. The van der Waals surface area contributed by atoms with Gasteiger partial charge in [0, 0.05) is 18.9 Å². The van der Waals surface area contributed by atoms with E-state index in [0.717, 1.165) is 18.9 Å². The summed E-state index contributed by atoms with van der Waals surface area (Å²) < 4.78 is 2.41. The molecule has 1 atom stereocenters. The van der Waals surface area contributed by atoms with E-state index in [1.807, 2.05) is 0 Å². The molecule has 0 N–H and O–H groups in total.